The van der Waals surface area contributed by atoms with Crippen LogP contribution in [0.15, 0.2) is 0 Å². The predicted molar refractivity (Wildman–Crippen MR) is 47.7 cm³/mol. The zero-order chi connectivity index (χ0) is 9.61. The molecule has 0 saturated carbocycles. The van der Waals surface area contributed by atoms with Crippen LogP contribution in [0.2, 0.25) is 0 Å². The quantitative estimate of drug-likeness (QED) is 0.496. The van der Waals surface area contributed by atoms with Crippen molar-refractivity contribution in [2.24, 2.45) is 0 Å². The SMILES string of the molecule is CCCCOC(C)OC(C)(C)O. The van der Waals surface area contributed by atoms with Crippen LogP contribution >= 0.6 is 0 Å². The summed E-state index contributed by atoms with van der Waals surface area (Å²) in [6, 6.07) is 0. The number of unbranched alkanes of at least 4 members (excludes halogenated alkanes) is 1. The van der Waals surface area contributed by atoms with Gasteiger partial charge in [0.05, 0.1) is 0 Å². The van der Waals surface area contributed by atoms with Crippen LogP contribution in [-0.4, -0.2) is 23.8 Å². The van der Waals surface area contributed by atoms with Crippen LogP contribution in [0.4, 0.5) is 0 Å². The molecule has 3 heteroatoms. The van der Waals surface area contributed by atoms with E-state index in [1.807, 2.05) is 0 Å². The second kappa shape index (κ2) is 5.51. The van der Waals surface area contributed by atoms with Crippen molar-refractivity contribution in [1.82, 2.24) is 0 Å². The molecule has 0 radical (unpaired) electrons. The predicted octanol–water partition coefficient (Wildman–Crippen LogP) is 1.89. The van der Waals surface area contributed by atoms with Crippen LogP contribution in [0.5, 0.6) is 0 Å². The summed E-state index contributed by atoms with van der Waals surface area (Å²) in [6.07, 6.45) is 1.80. The summed E-state index contributed by atoms with van der Waals surface area (Å²) in [7, 11) is 0. The molecule has 0 aromatic heterocycles. The number of ether oxygens (including phenoxy) is 2. The molecule has 0 aliphatic rings. The Labute approximate surface area is 74.7 Å². The topological polar surface area (TPSA) is 38.7 Å². The zero-order valence-electron chi connectivity index (χ0n) is 8.46. The fraction of sp³-hybridized carbons (Fsp3) is 1.00. The fourth-order valence-corrected chi connectivity index (χ4v) is 0.834. The fourth-order valence-electron chi connectivity index (χ4n) is 0.834. The number of hydrogen-bond donors (Lipinski definition) is 1. The molecule has 1 unspecified atom stereocenters. The molecule has 74 valence electrons. The van der Waals surface area contributed by atoms with Gasteiger partial charge in [-0.1, -0.05) is 13.3 Å². The van der Waals surface area contributed by atoms with E-state index in [4.69, 9.17) is 9.47 Å². The molecule has 0 amide bonds. The Hall–Kier alpha value is -0.120. The summed E-state index contributed by atoms with van der Waals surface area (Å²) in [5.41, 5.74) is 0. The van der Waals surface area contributed by atoms with Crippen molar-refractivity contribution in [2.75, 3.05) is 6.61 Å². The first-order valence-corrected chi connectivity index (χ1v) is 4.47. The van der Waals surface area contributed by atoms with Gasteiger partial charge in [-0.3, -0.25) is 0 Å². The Morgan fingerprint density at radius 2 is 2.00 bits per heavy atom. The molecule has 0 aliphatic heterocycles. The van der Waals surface area contributed by atoms with Gasteiger partial charge in [-0.05, 0) is 27.2 Å². The van der Waals surface area contributed by atoms with Gasteiger partial charge in [0.15, 0.2) is 12.1 Å². The highest BCUT2D eigenvalue weighted by atomic mass is 16.7. The molecule has 0 rings (SSSR count). The van der Waals surface area contributed by atoms with E-state index in [0.29, 0.717) is 6.61 Å². The Bertz CT molecular complexity index is 107. The van der Waals surface area contributed by atoms with Gasteiger partial charge in [-0.25, -0.2) is 0 Å². The molecular formula is C9H20O3. The lowest BCUT2D eigenvalue weighted by atomic mass is 10.4. The first-order valence-electron chi connectivity index (χ1n) is 4.47. The van der Waals surface area contributed by atoms with Crippen molar-refractivity contribution in [2.45, 2.75) is 52.6 Å². The largest absolute Gasteiger partial charge is 0.366 e. The summed E-state index contributed by atoms with van der Waals surface area (Å²) in [5.74, 6) is -1.11. The molecular weight excluding hydrogens is 156 g/mol. The van der Waals surface area contributed by atoms with E-state index in [9.17, 15) is 5.11 Å². The zero-order valence-corrected chi connectivity index (χ0v) is 8.46. The third-order valence-corrected chi connectivity index (χ3v) is 1.30. The average molecular weight is 176 g/mol. The number of hydrogen-bond acceptors (Lipinski definition) is 3. The minimum absolute atomic E-state index is 0.337. The maximum absolute atomic E-state index is 9.24. The summed E-state index contributed by atoms with van der Waals surface area (Å²) in [6.45, 7) is 7.76. The standard InChI is InChI=1S/C9H20O3/c1-5-6-7-11-8(2)12-9(3,4)10/h8,10H,5-7H2,1-4H3. The molecule has 0 fully saturated rings. The van der Waals surface area contributed by atoms with Gasteiger partial charge in [0, 0.05) is 6.61 Å². The van der Waals surface area contributed by atoms with E-state index in [2.05, 4.69) is 6.92 Å². The summed E-state index contributed by atoms with van der Waals surface area (Å²) in [4.78, 5) is 0. The van der Waals surface area contributed by atoms with Crippen molar-refractivity contribution >= 4 is 0 Å². The molecule has 1 N–H and O–H groups in total. The molecule has 1 atom stereocenters. The Morgan fingerprint density at radius 1 is 1.42 bits per heavy atom. The highest BCUT2D eigenvalue weighted by Gasteiger charge is 2.16. The minimum Gasteiger partial charge on any atom is -0.366 e. The van der Waals surface area contributed by atoms with E-state index in [1.165, 1.54) is 0 Å². The van der Waals surface area contributed by atoms with Crippen LogP contribution in [0.1, 0.15) is 40.5 Å². The molecule has 3 nitrogen and oxygen atoms in total. The molecule has 0 aromatic rings. The average Bonchev–Trinajstić information content (AvgIpc) is 1.84. The minimum atomic E-state index is -1.11. The van der Waals surface area contributed by atoms with Crippen molar-refractivity contribution in [1.29, 1.82) is 0 Å². The van der Waals surface area contributed by atoms with Crippen LogP contribution in [0.3, 0.4) is 0 Å². The van der Waals surface area contributed by atoms with Crippen molar-refractivity contribution < 1.29 is 14.6 Å². The molecule has 0 spiro atoms. The van der Waals surface area contributed by atoms with Crippen molar-refractivity contribution in [3.8, 4) is 0 Å². The van der Waals surface area contributed by atoms with Gasteiger partial charge >= 0.3 is 0 Å². The normalized spacial score (nSPS) is 14.8. The van der Waals surface area contributed by atoms with Crippen LogP contribution in [-0.2, 0) is 9.47 Å². The summed E-state index contributed by atoms with van der Waals surface area (Å²) in [5, 5.41) is 9.24. The van der Waals surface area contributed by atoms with E-state index >= 15 is 0 Å². The summed E-state index contributed by atoms with van der Waals surface area (Å²) >= 11 is 0. The third-order valence-electron chi connectivity index (χ3n) is 1.30. The Kier molecular flexibility index (Phi) is 5.46. The monoisotopic (exact) mass is 176 g/mol. The second-order valence-corrected chi connectivity index (χ2v) is 3.36. The lowest BCUT2D eigenvalue weighted by Gasteiger charge is -2.23. The smallest absolute Gasteiger partial charge is 0.162 e. The van der Waals surface area contributed by atoms with E-state index in [1.54, 1.807) is 20.8 Å². The summed E-state index contributed by atoms with van der Waals surface area (Å²) < 4.78 is 10.4. The molecule has 0 aromatic carbocycles. The maximum Gasteiger partial charge on any atom is 0.162 e. The van der Waals surface area contributed by atoms with Gasteiger partial charge in [0.1, 0.15) is 0 Å². The molecule has 0 aliphatic carbocycles. The Balaban J connectivity index is 3.40. The van der Waals surface area contributed by atoms with Crippen LogP contribution in [0, 0.1) is 0 Å². The number of aliphatic hydroxyl groups is 1. The van der Waals surface area contributed by atoms with E-state index in [-0.39, 0.29) is 6.29 Å². The lowest BCUT2D eigenvalue weighted by Crippen LogP contribution is -2.30. The molecule has 12 heavy (non-hydrogen) atoms. The van der Waals surface area contributed by atoms with Crippen molar-refractivity contribution in [3.63, 3.8) is 0 Å². The third kappa shape index (κ3) is 7.98. The molecule has 0 heterocycles. The highest BCUT2D eigenvalue weighted by Crippen LogP contribution is 2.08. The van der Waals surface area contributed by atoms with Gasteiger partial charge in [0.25, 0.3) is 0 Å². The van der Waals surface area contributed by atoms with E-state index < -0.39 is 5.79 Å². The Morgan fingerprint density at radius 3 is 2.42 bits per heavy atom. The molecule has 0 saturated heterocycles. The van der Waals surface area contributed by atoms with Gasteiger partial charge in [0.2, 0.25) is 0 Å². The maximum atomic E-state index is 9.24. The van der Waals surface area contributed by atoms with Gasteiger partial charge in [-0.15, -0.1) is 0 Å². The van der Waals surface area contributed by atoms with Gasteiger partial charge in [-0.2, -0.15) is 0 Å². The van der Waals surface area contributed by atoms with E-state index in [0.717, 1.165) is 12.8 Å². The first kappa shape index (κ1) is 11.9. The molecule has 0 bridgehead atoms. The van der Waals surface area contributed by atoms with Crippen molar-refractivity contribution in [3.05, 3.63) is 0 Å². The second-order valence-electron chi connectivity index (χ2n) is 3.36. The number of rotatable bonds is 6. The lowest BCUT2D eigenvalue weighted by molar-refractivity contribution is -0.268. The first-order chi connectivity index (χ1) is 5.45. The van der Waals surface area contributed by atoms with Crippen LogP contribution in [0.25, 0.3) is 0 Å². The van der Waals surface area contributed by atoms with Gasteiger partial charge < -0.3 is 14.6 Å². The van der Waals surface area contributed by atoms with Crippen LogP contribution < -0.4 is 0 Å². The highest BCUT2D eigenvalue weighted by molar-refractivity contribution is 4.48.